The van der Waals surface area contributed by atoms with Crippen LogP contribution in [0.3, 0.4) is 0 Å². The Hall–Kier alpha value is -1.73. The fraction of sp³-hybridized carbons (Fsp3) is 0.462. The Morgan fingerprint density at radius 1 is 1.55 bits per heavy atom. The maximum Gasteiger partial charge on any atom is 0.319 e. The lowest BCUT2D eigenvalue weighted by atomic mass is 10.0. The number of benzene rings is 1. The topological polar surface area (TPSA) is 71.3 Å². The van der Waals surface area contributed by atoms with Crippen LogP contribution in [0.15, 0.2) is 17.6 Å². The standard InChI is InChI=1S/C13H16N4O2S/c1-14-9-3-2-6-16(7-9)10-4-5-11-12(15-8-20-11)13(10)17(18)19/h4-5,8-9,14H,2-3,6-7H2,1H3. The molecule has 0 spiro atoms. The van der Waals surface area contributed by atoms with Crippen LogP contribution in [0.1, 0.15) is 12.8 Å². The van der Waals surface area contributed by atoms with E-state index in [0.717, 1.165) is 30.6 Å². The average molecular weight is 292 g/mol. The van der Waals surface area contributed by atoms with Gasteiger partial charge in [-0.3, -0.25) is 10.1 Å². The van der Waals surface area contributed by atoms with Crippen LogP contribution >= 0.6 is 11.3 Å². The zero-order chi connectivity index (χ0) is 14.1. The summed E-state index contributed by atoms with van der Waals surface area (Å²) in [6.45, 7) is 1.65. The molecule has 0 radical (unpaired) electrons. The van der Waals surface area contributed by atoms with Crippen molar-refractivity contribution in [2.45, 2.75) is 18.9 Å². The first-order valence-corrected chi connectivity index (χ1v) is 7.51. The van der Waals surface area contributed by atoms with Gasteiger partial charge in [0.2, 0.25) is 0 Å². The number of fused-ring (bicyclic) bond motifs is 1. The van der Waals surface area contributed by atoms with E-state index in [4.69, 9.17) is 0 Å². The van der Waals surface area contributed by atoms with Crippen molar-refractivity contribution in [1.82, 2.24) is 10.3 Å². The largest absolute Gasteiger partial charge is 0.364 e. The summed E-state index contributed by atoms with van der Waals surface area (Å²) in [5.74, 6) is 0. The number of hydrogen-bond donors (Lipinski definition) is 1. The van der Waals surface area contributed by atoms with Crippen LogP contribution in [0.25, 0.3) is 10.2 Å². The van der Waals surface area contributed by atoms with Gasteiger partial charge < -0.3 is 10.2 Å². The summed E-state index contributed by atoms with van der Waals surface area (Å²) in [6, 6.07) is 4.17. The Morgan fingerprint density at radius 3 is 3.15 bits per heavy atom. The molecule has 2 heterocycles. The Balaban J connectivity index is 2.06. The molecule has 7 heteroatoms. The third kappa shape index (κ3) is 2.23. The van der Waals surface area contributed by atoms with E-state index >= 15 is 0 Å². The number of nitro benzene ring substituents is 1. The molecule has 6 nitrogen and oxygen atoms in total. The maximum absolute atomic E-state index is 11.5. The number of nitrogens with zero attached hydrogens (tertiary/aromatic N) is 3. The van der Waals surface area contributed by atoms with E-state index < -0.39 is 0 Å². The van der Waals surface area contributed by atoms with Crippen LogP contribution in [-0.2, 0) is 0 Å². The fourth-order valence-corrected chi connectivity index (χ4v) is 3.45. The summed E-state index contributed by atoms with van der Waals surface area (Å²) in [5.41, 5.74) is 2.99. The molecule has 20 heavy (non-hydrogen) atoms. The lowest BCUT2D eigenvalue weighted by Gasteiger charge is -2.33. The number of anilines is 1. The molecule has 1 fully saturated rings. The smallest absolute Gasteiger partial charge is 0.319 e. The summed E-state index contributed by atoms with van der Waals surface area (Å²) in [7, 11) is 1.94. The molecule has 0 saturated carbocycles. The molecule has 2 aromatic rings. The molecule has 106 valence electrons. The van der Waals surface area contributed by atoms with E-state index in [1.807, 2.05) is 19.2 Å². The molecule has 1 aliphatic rings. The fourth-order valence-electron chi connectivity index (χ4n) is 2.77. The lowest BCUT2D eigenvalue weighted by Crippen LogP contribution is -2.44. The number of thiazole rings is 1. The lowest BCUT2D eigenvalue weighted by molar-refractivity contribution is -0.382. The van der Waals surface area contributed by atoms with E-state index in [1.165, 1.54) is 11.3 Å². The van der Waals surface area contributed by atoms with Gasteiger partial charge in [-0.05, 0) is 32.0 Å². The van der Waals surface area contributed by atoms with Gasteiger partial charge in [0.25, 0.3) is 0 Å². The number of aromatic nitrogens is 1. The van der Waals surface area contributed by atoms with Gasteiger partial charge in [-0.25, -0.2) is 4.98 Å². The summed E-state index contributed by atoms with van der Waals surface area (Å²) in [4.78, 5) is 17.4. The number of hydrogen-bond acceptors (Lipinski definition) is 6. The quantitative estimate of drug-likeness (QED) is 0.694. The number of likely N-dealkylation sites (N-methyl/N-ethyl adjacent to an activating group) is 1. The van der Waals surface area contributed by atoms with Crippen LogP contribution in [0.2, 0.25) is 0 Å². The molecule has 1 aromatic carbocycles. The highest BCUT2D eigenvalue weighted by molar-refractivity contribution is 7.16. The Morgan fingerprint density at radius 2 is 2.40 bits per heavy atom. The monoisotopic (exact) mass is 292 g/mol. The summed E-state index contributed by atoms with van der Waals surface area (Å²) in [5, 5.41) is 14.7. The van der Waals surface area contributed by atoms with E-state index in [-0.39, 0.29) is 10.6 Å². The molecule has 1 unspecified atom stereocenters. The van der Waals surface area contributed by atoms with Crippen molar-refractivity contribution in [3.05, 3.63) is 27.8 Å². The van der Waals surface area contributed by atoms with E-state index in [2.05, 4.69) is 15.2 Å². The van der Waals surface area contributed by atoms with Gasteiger partial charge in [0, 0.05) is 19.1 Å². The normalized spacial score (nSPS) is 19.4. The van der Waals surface area contributed by atoms with Crippen molar-refractivity contribution in [2.24, 2.45) is 0 Å². The zero-order valence-electron chi connectivity index (χ0n) is 11.2. The summed E-state index contributed by atoms with van der Waals surface area (Å²) >= 11 is 1.43. The molecule has 3 rings (SSSR count). The molecule has 1 aliphatic heterocycles. The second-order valence-corrected chi connectivity index (χ2v) is 5.85. The second kappa shape index (κ2) is 5.34. The van der Waals surface area contributed by atoms with Crippen LogP contribution in [0.5, 0.6) is 0 Å². The minimum atomic E-state index is -0.305. The Labute approximate surface area is 120 Å². The minimum absolute atomic E-state index is 0.139. The predicted molar refractivity (Wildman–Crippen MR) is 80.6 cm³/mol. The van der Waals surface area contributed by atoms with Crippen molar-refractivity contribution >= 4 is 32.9 Å². The van der Waals surface area contributed by atoms with Crippen LogP contribution in [-0.4, -0.2) is 36.1 Å². The Kier molecular flexibility index (Phi) is 3.54. The first kappa shape index (κ1) is 13.3. The molecule has 1 N–H and O–H groups in total. The van der Waals surface area contributed by atoms with Gasteiger partial charge in [0.05, 0.1) is 15.1 Å². The number of nitrogens with one attached hydrogen (secondary N) is 1. The molecule has 1 atom stereocenters. The van der Waals surface area contributed by atoms with Crippen molar-refractivity contribution < 1.29 is 4.92 Å². The predicted octanol–water partition coefficient (Wildman–Crippen LogP) is 2.39. The highest BCUT2D eigenvalue weighted by Gasteiger charge is 2.27. The van der Waals surface area contributed by atoms with Gasteiger partial charge >= 0.3 is 5.69 Å². The summed E-state index contributed by atoms with van der Waals surface area (Å²) < 4.78 is 0.864. The third-order valence-corrected chi connectivity index (χ3v) is 4.60. The molecule has 1 saturated heterocycles. The average Bonchev–Trinajstić information content (AvgIpc) is 2.94. The Bertz CT molecular complexity index is 642. The van der Waals surface area contributed by atoms with Gasteiger partial charge in [-0.15, -0.1) is 11.3 Å². The van der Waals surface area contributed by atoms with Gasteiger partial charge in [-0.1, -0.05) is 0 Å². The number of rotatable bonds is 3. The highest BCUT2D eigenvalue weighted by atomic mass is 32.1. The molecule has 1 aromatic heterocycles. The van der Waals surface area contributed by atoms with Crippen molar-refractivity contribution in [2.75, 3.05) is 25.0 Å². The molecular weight excluding hydrogens is 276 g/mol. The van der Waals surface area contributed by atoms with Crippen LogP contribution < -0.4 is 10.2 Å². The summed E-state index contributed by atoms with van der Waals surface area (Å²) in [6.07, 6.45) is 2.15. The number of nitro groups is 1. The molecule has 0 amide bonds. The maximum atomic E-state index is 11.5. The van der Waals surface area contributed by atoms with Gasteiger partial charge in [-0.2, -0.15) is 0 Å². The van der Waals surface area contributed by atoms with Crippen LogP contribution in [0.4, 0.5) is 11.4 Å². The van der Waals surface area contributed by atoms with Crippen molar-refractivity contribution in [1.29, 1.82) is 0 Å². The van der Waals surface area contributed by atoms with Gasteiger partial charge in [0.15, 0.2) is 5.52 Å². The first-order chi connectivity index (χ1) is 9.70. The molecule has 0 aliphatic carbocycles. The zero-order valence-corrected chi connectivity index (χ0v) is 12.0. The highest BCUT2D eigenvalue weighted by Crippen LogP contribution is 2.37. The first-order valence-electron chi connectivity index (χ1n) is 6.63. The van der Waals surface area contributed by atoms with Crippen molar-refractivity contribution in [3.63, 3.8) is 0 Å². The van der Waals surface area contributed by atoms with Crippen LogP contribution in [0, 0.1) is 10.1 Å². The minimum Gasteiger partial charge on any atom is -0.364 e. The van der Waals surface area contributed by atoms with E-state index in [1.54, 1.807) is 5.51 Å². The van der Waals surface area contributed by atoms with E-state index in [0.29, 0.717) is 17.2 Å². The molecule has 0 bridgehead atoms. The molecular formula is C13H16N4O2S. The van der Waals surface area contributed by atoms with Gasteiger partial charge in [0.1, 0.15) is 5.69 Å². The van der Waals surface area contributed by atoms with E-state index in [9.17, 15) is 10.1 Å². The third-order valence-electron chi connectivity index (χ3n) is 3.81. The number of piperidine rings is 1. The second-order valence-electron chi connectivity index (χ2n) is 4.96. The van der Waals surface area contributed by atoms with Crippen molar-refractivity contribution in [3.8, 4) is 0 Å². The SMILES string of the molecule is CNC1CCCN(c2ccc3scnc3c2[N+](=O)[O-])C1.